The van der Waals surface area contributed by atoms with Crippen molar-refractivity contribution in [1.29, 1.82) is 0 Å². The van der Waals surface area contributed by atoms with E-state index in [2.05, 4.69) is 4.79 Å². The highest BCUT2D eigenvalue weighted by Gasteiger charge is 2.40. The average molecular weight is 262 g/mol. The van der Waals surface area contributed by atoms with E-state index in [1.807, 2.05) is 0 Å². The molecule has 0 N–H and O–H groups in total. The Kier molecular flexibility index (Phi) is 4.35. The summed E-state index contributed by atoms with van der Waals surface area (Å²) in [5, 5.41) is 0. The minimum absolute atomic E-state index is 0.514. The lowest BCUT2D eigenvalue weighted by Crippen LogP contribution is -2.19. The van der Waals surface area contributed by atoms with E-state index in [1.165, 1.54) is 51.4 Å². The minimum Gasteiger partial charge on any atom is -0.375 e. The van der Waals surface area contributed by atoms with Gasteiger partial charge in [-0.05, 0) is 50.4 Å². The molecule has 0 aromatic rings. The predicted octanol–water partition coefficient (Wildman–Crippen LogP) is 3.98. The quantitative estimate of drug-likeness (QED) is 0.420. The topological polar surface area (TPSA) is 45.6 Å². The Bertz CT molecular complexity index is 356. The van der Waals surface area contributed by atoms with Crippen molar-refractivity contribution in [3.05, 3.63) is 5.53 Å². The van der Waals surface area contributed by atoms with E-state index in [0.717, 1.165) is 36.8 Å². The Morgan fingerprint density at radius 3 is 2.58 bits per heavy atom. The van der Waals surface area contributed by atoms with Gasteiger partial charge in [0.2, 0.25) is 0 Å². The molecule has 1 aliphatic carbocycles. The zero-order chi connectivity index (χ0) is 13.1. The van der Waals surface area contributed by atoms with Crippen LogP contribution in [-0.2, 0) is 4.74 Å². The van der Waals surface area contributed by atoms with E-state index in [1.54, 1.807) is 0 Å². The first-order chi connectivity index (χ1) is 9.35. The van der Waals surface area contributed by atoms with E-state index in [-0.39, 0.29) is 0 Å². The fourth-order valence-corrected chi connectivity index (χ4v) is 4.32. The van der Waals surface area contributed by atoms with E-state index >= 15 is 0 Å². The third kappa shape index (κ3) is 3.27. The first kappa shape index (κ1) is 13.3. The van der Waals surface area contributed by atoms with Gasteiger partial charge in [0.05, 0.1) is 12.2 Å². The van der Waals surface area contributed by atoms with E-state index in [9.17, 15) is 5.53 Å². The third-order valence-electron chi connectivity index (χ3n) is 5.43. The van der Waals surface area contributed by atoms with Crippen molar-refractivity contribution >= 4 is 5.71 Å². The van der Waals surface area contributed by atoms with Crippen LogP contribution in [0.15, 0.2) is 0 Å². The standard InChI is InChI=1S/C16H26N2O/c17-18-14(10-12-4-2-1-3-5-12)7-6-13-11-15-8-9-16(13)19-15/h12-13,15-16H,1-11H2. The van der Waals surface area contributed by atoms with Crippen LogP contribution in [0.4, 0.5) is 0 Å². The van der Waals surface area contributed by atoms with Crippen molar-refractivity contribution in [1.82, 2.24) is 0 Å². The molecule has 0 aromatic carbocycles. The summed E-state index contributed by atoms with van der Waals surface area (Å²) < 4.78 is 5.90. The zero-order valence-corrected chi connectivity index (χ0v) is 11.9. The van der Waals surface area contributed by atoms with Gasteiger partial charge in [0.1, 0.15) is 0 Å². The molecule has 0 spiro atoms. The van der Waals surface area contributed by atoms with Crippen LogP contribution >= 0.6 is 0 Å². The van der Waals surface area contributed by atoms with Crippen LogP contribution in [0.3, 0.4) is 0 Å². The Morgan fingerprint density at radius 2 is 1.95 bits per heavy atom. The average Bonchev–Trinajstić information content (AvgIpc) is 3.07. The zero-order valence-electron chi connectivity index (χ0n) is 11.9. The first-order valence-electron chi connectivity index (χ1n) is 8.20. The highest BCUT2D eigenvalue weighted by Crippen LogP contribution is 2.41. The molecular formula is C16H26N2O. The van der Waals surface area contributed by atoms with Crippen LogP contribution in [0.25, 0.3) is 5.53 Å². The SMILES string of the molecule is [N-]=[N+]=C(CCC1CC2CCC1O2)CC1CCCCC1. The molecule has 2 saturated heterocycles. The van der Waals surface area contributed by atoms with Crippen LogP contribution in [0.2, 0.25) is 0 Å². The second-order valence-electron chi connectivity index (χ2n) is 6.78. The van der Waals surface area contributed by atoms with Crippen LogP contribution < -0.4 is 0 Å². The molecule has 19 heavy (non-hydrogen) atoms. The fourth-order valence-electron chi connectivity index (χ4n) is 4.32. The van der Waals surface area contributed by atoms with E-state index < -0.39 is 0 Å². The molecule has 0 amide bonds. The second kappa shape index (κ2) is 6.19. The molecule has 0 radical (unpaired) electrons. The van der Waals surface area contributed by atoms with Crippen molar-refractivity contribution in [2.24, 2.45) is 11.8 Å². The van der Waals surface area contributed by atoms with Gasteiger partial charge in [-0.25, -0.2) is 0 Å². The number of ether oxygens (including phenoxy) is 1. The normalized spacial score (nSPS) is 34.4. The maximum atomic E-state index is 9.22. The van der Waals surface area contributed by atoms with E-state index in [4.69, 9.17) is 4.74 Å². The van der Waals surface area contributed by atoms with Gasteiger partial charge in [-0.3, -0.25) is 0 Å². The maximum absolute atomic E-state index is 9.22. The molecule has 0 aromatic heterocycles. The fraction of sp³-hybridized carbons (Fsp3) is 0.938. The molecule has 3 nitrogen and oxygen atoms in total. The molecule has 1 saturated carbocycles. The molecule has 3 rings (SSSR count). The number of rotatable bonds is 5. The van der Waals surface area contributed by atoms with Gasteiger partial charge in [-0.1, -0.05) is 19.3 Å². The predicted molar refractivity (Wildman–Crippen MR) is 75.1 cm³/mol. The summed E-state index contributed by atoms with van der Waals surface area (Å²) >= 11 is 0. The second-order valence-corrected chi connectivity index (χ2v) is 6.78. The van der Waals surface area contributed by atoms with E-state index in [0.29, 0.717) is 12.2 Å². The van der Waals surface area contributed by atoms with Gasteiger partial charge in [0.15, 0.2) is 0 Å². The monoisotopic (exact) mass is 262 g/mol. The van der Waals surface area contributed by atoms with Crippen molar-refractivity contribution in [3.63, 3.8) is 0 Å². The van der Waals surface area contributed by atoms with Gasteiger partial charge in [0.25, 0.3) is 5.71 Å². The van der Waals surface area contributed by atoms with Crippen molar-refractivity contribution in [3.8, 4) is 0 Å². The maximum Gasteiger partial charge on any atom is 0.269 e. The lowest BCUT2D eigenvalue weighted by atomic mass is 9.82. The van der Waals surface area contributed by atoms with Gasteiger partial charge in [0, 0.05) is 12.8 Å². The van der Waals surface area contributed by atoms with Crippen LogP contribution in [0.1, 0.15) is 70.6 Å². The molecule has 3 atom stereocenters. The molecule has 106 valence electrons. The largest absolute Gasteiger partial charge is 0.375 e. The van der Waals surface area contributed by atoms with Crippen molar-refractivity contribution in [2.45, 2.75) is 82.8 Å². The van der Waals surface area contributed by atoms with Gasteiger partial charge in [-0.15, -0.1) is 0 Å². The van der Waals surface area contributed by atoms with Gasteiger partial charge in [-0.2, -0.15) is 4.79 Å². The number of nitrogens with zero attached hydrogens (tertiary/aromatic N) is 2. The molecule has 3 heteroatoms. The third-order valence-corrected chi connectivity index (χ3v) is 5.43. The summed E-state index contributed by atoms with van der Waals surface area (Å²) in [7, 11) is 0. The molecule has 3 aliphatic rings. The smallest absolute Gasteiger partial charge is 0.269 e. The highest BCUT2D eigenvalue weighted by molar-refractivity contribution is 5.79. The molecular weight excluding hydrogens is 236 g/mol. The minimum atomic E-state index is 0.514. The Labute approximate surface area is 116 Å². The summed E-state index contributed by atoms with van der Waals surface area (Å²) in [6, 6.07) is 0. The lowest BCUT2D eigenvalue weighted by Gasteiger charge is -2.20. The summed E-state index contributed by atoms with van der Waals surface area (Å²) in [6.07, 6.45) is 14.8. The summed E-state index contributed by atoms with van der Waals surface area (Å²) in [5.74, 6) is 1.50. The number of hydrogen-bond donors (Lipinski definition) is 0. The summed E-state index contributed by atoms with van der Waals surface area (Å²) in [5.41, 5.74) is 10.3. The Balaban J connectivity index is 1.43. The van der Waals surface area contributed by atoms with Crippen LogP contribution in [-0.4, -0.2) is 22.7 Å². The van der Waals surface area contributed by atoms with Gasteiger partial charge < -0.3 is 10.3 Å². The Hall–Kier alpha value is -0.660. The number of hydrogen-bond acceptors (Lipinski definition) is 1. The van der Waals surface area contributed by atoms with Crippen LogP contribution in [0.5, 0.6) is 0 Å². The Morgan fingerprint density at radius 1 is 1.11 bits per heavy atom. The molecule has 3 unspecified atom stereocenters. The molecule has 2 heterocycles. The first-order valence-corrected chi connectivity index (χ1v) is 8.20. The lowest BCUT2D eigenvalue weighted by molar-refractivity contribution is -0.0139. The molecule has 3 fully saturated rings. The summed E-state index contributed by atoms with van der Waals surface area (Å²) in [6.45, 7) is 0. The number of fused-ring (bicyclic) bond motifs is 2. The molecule has 2 bridgehead atoms. The summed E-state index contributed by atoms with van der Waals surface area (Å²) in [4.78, 5) is 3.58. The van der Waals surface area contributed by atoms with Gasteiger partial charge >= 0.3 is 0 Å². The van der Waals surface area contributed by atoms with Crippen LogP contribution in [0, 0.1) is 11.8 Å². The molecule has 2 aliphatic heterocycles. The highest BCUT2D eigenvalue weighted by atomic mass is 16.5. The van der Waals surface area contributed by atoms with Crippen molar-refractivity contribution in [2.75, 3.05) is 0 Å². The van der Waals surface area contributed by atoms with Crippen molar-refractivity contribution < 1.29 is 9.53 Å².